The first-order chi connectivity index (χ1) is 8.10. The standard InChI is InChI=1S/C11H15BrN2O2S/c12-9-2-1-8(17-9)3-5-14-10(15)11(13)4-6-16-7-11/h1-2H,3-7,13H2,(H,14,15). The Kier molecular flexibility index (Phi) is 4.19. The van der Waals surface area contributed by atoms with E-state index in [1.165, 1.54) is 4.88 Å². The van der Waals surface area contributed by atoms with E-state index in [9.17, 15) is 4.79 Å². The Labute approximate surface area is 113 Å². The van der Waals surface area contributed by atoms with Gasteiger partial charge in [0.05, 0.1) is 10.4 Å². The van der Waals surface area contributed by atoms with Crippen LogP contribution < -0.4 is 11.1 Å². The molecule has 17 heavy (non-hydrogen) atoms. The van der Waals surface area contributed by atoms with Crippen molar-refractivity contribution in [1.82, 2.24) is 5.32 Å². The molecule has 4 nitrogen and oxygen atoms in total. The average molecular weight is 319 g/mol. The number of hydrogen-bond acceptors (Lipinski definition) is 4. The average Bonchev–Trinajstić information content (AvgIpc) is 2.89. The van der Waals surface area contributed by atoms with Gasteiger partial charge in [0.1, 0.15) is 5.54 Å². The van der Waals surface area contributed by atoms with Crippen molar-refractivity contribution >= 4 is 33.2 Å². The molecular formula is C11H15BrN2O2S. The minimum absolute atomic E-state index is 0.106. The van der Waals surface area contributed by atoms with Crippen LogP contribution >= 0.6 is 27.3 Å². The molecule has 1 atom stereocenters. The summed E-state index contributed by atoms with van der Waals surface area (Å²) >= 11 is 5.09. The number of nitrogens with two attached hydrogens (primary N) is 1. The lowest BCUT2D eigenvalue weighted by Gasteiger charge is -2.20. The van der Waals surface area contributed by atoms with Gasteiger partial charge < -0.3 is 15.8 Å². The Morgan fingerprint density at radius 1 is 1.65 bits per heavy atom. The Morgan fingerprint density at radius 3 is 3.06 bits per heavy atom. The fraction of sp³-hybridized carbons (Fsp3) is 0.545. The maximum absolute atomic E-state index is 11.8. The summed E-state index contributed by atoms with van der Waals surface area (Å²) in [5.74, 6) is -0.106. The maximum Gasteiger partial charge on any atom is 0.242 e. The smallest absolute Gasteiger partial charge is 0.242 e. The van der Waals surface area contributed by atoms with Crippen molar-refractivity contribution in [2.45, 2.75) is 18.4 Å². The highest BCUT2D eigenvalue weighted by Gasteiger charge is 2.37. The highest BCUT2D eigenvalue weighted by molar-refractivity contribution is 9.11. The largest absolute Gasteiger partial charge is 0.379 e. The number of halogens is 1. The third-order valence-electron chi connectivity index (χ3n) is 2.79. The fourth-order valence-corrected chi connectivity index (χ4v) is 3.20. The van der Waals surface area contributed by atoms with Crippen LogP contribution in [0.25, 0.3) is 0 Å². The van der Waals surface area contributed by atoms with E-state index in [1.54, 1.807) is 11.3 Å². The summed E-state index contributed by atoms with van der Waals surface area (Å²) in [7, 11) is 0. The summed E-state index contributed by atoms with van der Waals surface area (Å²) in [6.07, 6.45) is 1.43. The molecule has 0 radical (unpaired) electrons. The molecule has 1 aromatic heterocycles. The summed E-state index contributed by atoms with van der Waals surface area (Å²) in [4.78, 5) is 13.1. The first-order valence-electron chi connectivity index (χ1n) is 5.49. The molecule has 1 saturated heterocycles. The van der Waals surface area contributed by atoms with Crippen LogP contribution in [0.2, 0.25) is 0 Å². The van der Waals surface area contributed by atoms with Gasteiger partial charge in [-0.1, -0.05) is 0 Å². The Hall–Kier alpha value is -0.430. The van der Waals surface area contributed by atoms with Crippen LogP contribution in [0.3, 0.4) is 0 Å². The molecule has 2 rings (SSSR count). The van der Waals surface area contributed by atoms with Crippen LogP contribution in [-0.4, -0.2) is 31.2 Å². The van der Waals surface area contributed by atoms with Gasteiger partial charge in [0, 0.05) is 18.0 Å². The van der Waals surface area contributed by atoms with Crippen molar-refractivity contribution in [3.8, 4) is 0 Å². The van der Waals surface area contributed by atoms with Gasteiger partial charge in [-0.05, 0) is 40.9 Å². The predicted octanol–water partition coefficient (Wildman–Crippen LogP) is 1.29. The highest BCUT2D eigenvalue weighted by Crippen LogP contribution is 2.22. The molecule has 94 valence electrons. The van der Waals surface area contributed by atoms with Gasteiger partial charge in [0.15, 0.2) is 0 Å². The first-order valence-corrected chi connectivity index (χ1v) is 7.10. The topological polar surface area (TPSA) is 64.4 Å². The number of amides is 1. The van der Waals surface area contributed by atoms with E-state index in [0.717, 1.165) is 10.2 Å². The SMILES string of the molecule is NC1(C(=O)NCCc2ccc(Br)s2)CCOC1. The second kappa shape index (κ2) is 5.48. The first kappa shape index (κ1) is 13.0. The van der Waals surface area contributed by atoms with E-state index < -0.39 is 5.54 Å². The van der Waals surface area contributed by atoms with Crippen LogP contribution in [0.15, 0.2) is 15.9 Å². The molecule has 1 aliphatic rings. The van der Waals surface area contributed by atoms with E-state index in [4.69, 9.17) is 10.5 Å². The van der Waals surface area contributed by atoms with Crippen LogP contribution in [0.1, 0.15) is 11.3 Å². The van der Waals surface area contributed by atoms with Crippen LogP contribution in [-0.2, 0) is 16.0 Å². The van der Waals surface area contributed by atoms with Gasteiger partial charge >= 0.3 is 0 Å². The normalized spacial score (nSPS) is 23.9. The van der Waals surface area contributed by atoms with Crippen molar-refractivity contribution in [3.63, 3.8) is 0 Å². The van der Waals surface area contributed by atoms with Crippen LogP contribution in [0.4, 0.5) is 0 Å². The quantitative estimate of drug-likeness (QED) is 0.879. The Balaban J connectivity index is 1.77. The second-order valence-corrected chi connectivity index (χ2v) is 6.72. The summed E-state index contributed by atoms with van der Waals surface area (Å²) < 4.78 is 6.27. The molecule has 0 bridgehead atoms. The van der Waals surface area contributed by atoms with Gasteiger partial charge in [-0.2, -0.15) is 0 Å². The summed E-state index contributed by atoms with van der Waals surface area (Å²) in [6.45, 7) is 1.51. The lowest BCUT2D eigenvalue weighted by atomic mass is 9.99. The molecule has 0 aromatic carbocycles. The van der Waals surface area contributed by atoms with Gasteiger partial charge in [-0.3, -0.25) is 4.79 Å². The highest BCUT2D eigenvalue weighted by atomic mass is 79.9. The zero-order valence-corrected chi connectivity index (χ0v) is 11.8. The van der Waals surface area contributed by atoms with E-state index in [2.05, 4.69) is 27.3 Å². The van der Waals surface area contributed by atoms with Crippen LogP contribution in [0.5, 0.6) is 0 Å². The van der Waals surface area contributed by atoms with Gasteiger partial charge in [0.25, 0.3) is 0 Å². The molecule has 0 spiro atoms. The maximum atomic E-state index is 11.8. The molecule has 0 saturated carbocycles. The van der Waals surface area contributed by atoms with E-state index >= 15 is 0 Å². The number of rotatable bonds is 4. The Bertz CT molecular complexity index is 402. The molecule has 1 fully saturated rings. The van der Waals surface area contributed by atoms with Gasteiger partial charge in [-0.15, -0.1) is 11.3 Å². The molecule has 1 aliphatic heterocycles. The Morgan fingerprint density at radius 2 is 2.47 bits per heavy atom. The fourth-order valence-electron chi connectivity index (χ4n) is 1.72. The monoisotopic (exact) mass is 318 g/mol. The molecule has 1 unspecified atom stereocenters. The lowest BCUT2D eigenvalue weighted by Crippen LogP contribution is -2.54. The van der Waals surface area contributed by atoms with Crippen molar-refractivity contribution in [2.75, 3.05) is 19.8 Å². The third kappa shape index (κ3) is 3.28. The van der Waals surface area contributed by atoms with E-state index in [0.29, 0.717) is 26.2 Å². The van der Waals surface area contributed by atoms with Crippen molar-refractivity contribution in [3.05, 3.63) is 20.8 Å². The predicted molar refractivity (Wildman–Crippen MR) is 71.1 cm³/mol. The lowest BCUT2D eigenvalue weighted by molar-refractivity contribution is -0.126. The van der Waals surface area contributed by atoms with Gasteiger partial charge in [0.2, 0.25) is 5.91 Å². The van der Waals surface area contributed by atoms with Crippen LogP contribution in [0, 0.1) is 0 Å². The second-order valence-electron chi connectivity index (χ2n) is 4.17. The third-order valence-corrected chi connectivity index (χ3v) is 4.47. The molecular weight excluding hydrogens is 304 g/mol. The minimum atomic E-state index is -0.823. The summed E-state index contributed by atoms with van der Waals surface area (Å²) in [6, 6.07) is 4.06. The number of carbonyl (C=O) groups is 1. The number of ether oxygens (including phenoxy) is 1. The molecule has 2 heterocycles. The number of hydrogen-bond donors (Lipinski definition) is 2. The minimum Gasteiger partial charge on any atom is -0.379 e. The molecule has 6 heteroatoms. The number of nitrogens with one attached hydrogen (secondary N) is 1. The van der Waals surface area contributed by atoms with Crippen molar-refractivity contribution in [2.24, 2.45) is 5.73 Å². The molecule has 3 N–H and O–H groups in total. The molecule has 0 aliphatic carbocycles. The van der Waals surface area contributed by atoms with E-state index in [-0.39, 0.29) is 5.91 Å². The van der Waals surface area contributed by atoms with Crippen molar-refractivity contribution in [1.29, 1.82) is 0 Å². The van der Waals surface area contributed by atoms with E-state index in [1.807, 2.05) is 6.07 Å². The summed E-state index contributed by atoms with van der Waals surface area (Å²) in [5, 5.41) is 2.87. The molecule has 1 aromatic rings. The zero-order chi connectivity index (χ0) is 12.3. The summed E-state index contributed by atoms with van der Waals surface area (Å²) in [5.41, 5.74) is 5.12. The van der Waals surface area contributed by atoms with Crippen molar-refractivity contribution < 1.29 is 9.53 Å². The molecule has 1 amide bonds. The van der Waals surface area contributed by atoms with Gasteiger partial charge in [-0.25, -0.2) is 0 Å². The number of carbonyl (C=O) groups excluding carboxylic acids is 1. The zero-order valence-electron chi connectivity index (χ0n) is 9.37. The number of thiophene rings is 1.